The van der Waals surface area contributed by atoms with E-state index in [0.717, 1.165) is 6.54 Å². The third-order valence-corrected chi connectivity index (χ3v) is 1.09. The highest BCUT2D eigenvalue weighted by Crippen LogP contribution is 2.00. The van der Waals surface area contributed by atoms with Gasteiger partial charge in [0.15, 0.2) is 0 Å². The lowest BCUT2D eigenvalue weighted by Crippen LogP contribution is -2.27. The Morgan fingerprint density at radius 3 is 2.67 bits per heavy atom. The van der Waals surface area contributed by atoms with Crippen molar-refractivity contribution >= 4 is 24.0 Å². The average molecular weight is 238 g/mol. The number of rotatable bonds is 0. The van der Waals surface area contributed by atoms with E-state index in [1.54, 1.807) is 5.01 Å². The Kier molecular flexibility index (Phi) is 3.88. The van der Waals surface area contributed by atoms with Gasteiger partial charge in [-0.3, -0.25) is 0 Å². The number of nitrogens with zero attached hydrogens (tertiary/aromatic N) is 1. The Balaban J connectivity index is 0.000000640. The van der Waals surface area contributed by atoms with E-state index in [1.165, 1.54) is 5.57 Å². The van der Waals surface area contributed by atoms with Crippen LogP contribution in [0.1, 0.15) is 6.92 Å². The van der Waals surface area contributed by atoms with Crippen molar-refractivity contribution in [1.82, 2.24) is 5.01 Å². The highest BCUT2D eigenvalue weighted by Gasteiger charge is 1.95. The van der Waals surface area contributed by atoms with E-state index in [-0.39, 0.29) is 24.0 Å². The minimum atomic E-state index is 0. The predicted octanol–water partition coefficient (Wildman–Crippen LogP) is 1.25. The number of hydrazine groups is 1. The second kappa shape index (κ2) is 3.90. The van der Waals surface area contributed by atoms with E-state index in [4.69, 9.17) is 5.84 Å². The molecule has 0 fully saturated rings. The van der Waals surface area contributed by atoms with Crippen LogP contribution in [0.5, 0.6) is 0 Å². The normalized spacial score (nSPS) is 16.7. The lowest BCUT2D eigenvalue weighted by molar-refractivity contribution is 0.423. The number of hydrogen-bond acceptors (Lipinski definition) is 2. The van der Waals surface area contributed by atoms with Gasteiger partial charge in [0, 0.05) is 6.20 Å². The van der Waals surface area contributed by atoms with Gasteiger partial charge in [0.2, 0.25) is 0 Å². The maximum absolute atomic E-state index is 5.43. The standard InChI is InChI=1S/C6H10N2.HI/c1-6-3-2-4-8(7)5-6;/h2-4H,5,7H2,1H3;1H. The molecule has 0 radical (unpaired) electrons. The topological polar surface area (TPSA) is 29.3 Å². The molecule has 3 heteroatoms. The smallest absolute Gasteiger partial charge is 0.0545 e. The molecule has 2 N–H and O–H groups in total. The summed E-state index contributed by atoms with van der Waals surface area (Å²) < 4.78 is 0. The first kappa shape index (κ1) is 8.97. The van der Waals surface area contributed by atoms with Crippen LogP contribution >= 0.6 is 24.0 Å². The summed E-state index contributed by atoms with van der Waals surface area (Å²) in [7, 11) is 0. The molecule has 0 aromatic carbocycles. The zero-order chi connectivity index (χ0) is 5.98. The fourth-order valence-electron chi connectivity index (χ4n) is 0.711. The summed E-state index contributed by atoms with van der Waals surface area (Å²) in [5, 5.41) is 1.66. The van der Waals surface area contributed by atoms with E-state index in [0.29, 0.717) is 0 Å². The third-order valence-electron chi connectivity index (χ3n) is 1.09. The largest absolute Gasteiger partial charge is 0.314 e. The Morgan fingerprint density at radius 2 is 2.33 bits per heavy atom. The summed E-state index contributed by atoms with van der Waals surface area (Å²) in [6.45, 7) is 2.92. The lowest BCUT2D eigenvalue weighted by atomic mass is 10.2. The van der Waals surface area contributed by atoms with Crippen molar-refractivity contribution in [3.05, 3.63) is 23.9 Å². The third kappa shape index (κ3) is 2.86. The van der Waals surface area contributed by atoms with E-state index < -0.39 is 0 Å². The molecule has 0 spiro atoms. The van der Waals surface area contributed by atoms with Gasteiger partial charge >= 0.3 is 0 Å². The molecule has 1 aliphatic rings. The highest BCUT2D eigenvalue weighted by atomic mass is 127. The van der Waals surface area contributed by atoms with Gasteiger partial charge in [-0.1, -0.05) is 11.6 Å². The monoisotopic (exact) mass is 238 g/mol. The lowest BCUT2D eigenvalue weighted by Gasteiger charge is -2.15. The van der Waals surface area contributed by atoms with Gasteiger partial charge in [-0.05, 0) is 13.0 Å². The molecule has 9 heavy (non-hydrogen) atoms. The Morgan fingerprint density at radius 1 is 1.67 bits per heavy atom. The summed E-state index contributed by atoms with van der Waals surface area (Å²) >= 11 is 0. The van der Waals surface area contributed by atoms with Crippen molar-refractivity contribution in [1.29, 1.82) is 0 Å². The molecule has 0 saturated heterocycles. The second-order valence-corrected chi connectivity index (χ2v) is 2.03. The first-order valence-electron chi connectivity index (χ1n) is 2.64. The molecule has 0 amide bonds. The van der Waals surface area contributed by atoms with Crippen molar-refractivity contribution in [2.45, 2.75) is 6.92 Å². The van der Waals surface area contributed by atoms with Gasteiger partial charge in [-0.15, -0.1) is 24.0 Å². The van der Waals surface area contributed by atoms with E-state index in [9.17, 15) is 0 Å². The first-order chi connectivity index (χ1) is 3.79. The van der Waals surface area contributed by atoms with Gasteiger partial charge in [-0.2, -0.15) is 0 Å². The summed E-state index contributed by atoms with van der Waals surface area (Å²) in [5.74, 6) is 5.43. The Bertz CT molecular complexity index is 140. The maximum Gasteiger partial charge on any atom is 0.0545 e. The molecule has 0 aromatic rings. The predicted molar refractivity (Wildman–Crippen MR) is 49.2 cm³/mol. The van der Waals surface area contributed by atoms with Crippen LogP contribution < -0.4 is 5.84 Å². The molecule has 1 aliphatic heterocycles. The molecule has 0 saturated carbocycles. The van der Waals surface area contributed by atoms with E-state index in [2.05, 4.69) is 13.0 Å². The van der Waals surface area contributed by atoms with Gasteiger partial charge < -0.3 is 5.01 Å². The molecule has 52 valence electrons. The van der Waals surface area contributed by atoms with Crippen LogP contribution in [-0.4, -0.2) is 11.6 Å². The molecular formula is C6H11IN2. The van der Waals surface area contributed by atoms with Gasteiger partial charge in [0.25, 0.3) is 0 Å². The van der Waals surface area contributed by atoms with Crippen molar-refractivity contribution in [2.75, 3.05) is 6.54 Å². The van der Waals surface area contributed by atoms with Crippen molar-refractivity contribution in [2.24, 2.45) is 5.84 Å². The average Bonchev–Trinajstić information content (AvgIpc) is 1.64. The van der Waals surface area contributed by atoms with Crippen molar-refractivity contribution < 1.29 is 0 Å². The van der Waals surface area contributed by atoms with Crippen LogP contribution in [0.4, 0.5) is 0 Å². The number of halogens is 1. The Hall–Kier alpha value is -0.0300. The number of allylic oxidation sites excluding steroid dienone is 2. The van der Waals surface area contributed by atoms with E-state index in [1.807, 2.05) is 12.3 Å². The van der Waals surface area contributed by atoms with Gasteiger partial charge in [0.1, 0.15) is 0 Å². The molecule has 0 aliphatic carbocycles. The number of hydrogen-bond donors (Lipinski definition) is 1. The molecular weight excluding hydrogens is 227 g/mol. The molecule has 1 rings (SSSR count). The molecule has 0 bridgehead atoms. The van der Waals surface area contributed by atoms with Crippen LogP contribution in [0.3, 0.4) is 0 Å². The van der Waals surface area contributed by atoms with Crippen molar-refractivity contribution in [3.63, 3.8) is 0 Å². The fraction of sp³-hybridized carbons (Fsp3) is 0.333. The molecule has 0 aromatic heterocycles. The maximum atomic E-state index is 5.43. The molecule has 1 heterocycles. The molecule has 2 nitrogen and oxygen atoms in total. The SMILES string of the molecule is CC1=CC=CN(N)C1.I. The quantitative estimate of drug-likeness (QED) is 0.508. The fourth-order valence-corrected chi connectivity index (χ4v) is 0.711. The summed E-state index contributed by atoms with van der Waals surface area (Å²) in [6.07, 6.45) is 5.86. The minimum Gasteiger partial charge on any atom is -0.314 e. The van der Waals surface area contributed by atoms with Crippen molar-refractivity contribution in [3.8, 4) is 0 Å². The first-order valence-corrected chi connectivity index (χ1v) is 2.64. The Labute approximate surface area is 72.4 Å². The number of nitrogens with two attached hydrogens (primary N) is 1. The summed E-state index contributed by atoms with van der Waals surface area (Å²) in [4.78, 5) is 0. The highest BCUT2D eigenvalue weighted by molar-refractivity contribution is 14.0. The van der Waals surface area contributed by atoms with Gasteiger partial charge in [-0.25, -0.2) is 5.84 Å². The summed E-state index contributed by atoms with van der Waals surface area (Å²) in [6, 6.07) is 0. The molecule has 0 atom stereocenters. The van der Waals surface area contributed by atoms with Gasteiger partial charge in [0.05, 0.1) is 6.54 Å². The van der Waals surface area contributed by atoms with Crippen LogP contribution in [-0.2, 0) is 0 Å². The second-order valence-electron chi connectivity index (χ2n) is 2.03. The zero-order valence-electron chi connectivity index (χ0n) is 5.37. The molecule has 0 unspecified atom stereocenters. The van der Waals surface area contributed by atoms with Crippen LogP contribution in [0.15, 0.2) is 23.9 Å². The van der Waals surface area contributed by atoms with Crippen LogP contribution in [0.25, 0.3) is 0 Å². The minimum absolute atomic E-state index is 0. The summed E-state index contributed by atoms with van der Waals surface area (Å²) in [5.41, 5.74) is 1.30. The van der Waals surface area contributed by atoms with E-state index >= 15 is 0 Å². The van der Waals surface area contributed by atoms with Crippen LogP contribution in [0, 0.1) is 0 Å². The van der Waals surface area contributed by atoms with Crippen LogP contribution in [0.2, 0.25) is 0 Å². The zero-order valence-corrected chi connectivity index (χ0v) is 7.70.